The fraction of sp³-hybridized carbons (Fsp3) is 0.462. The zero-order valence-corrected chi connectivity index (χ0v) is 9.58. The van der Waals surface area contributed by atoms with Gasteiger partial charge < -0.3 is 0 Å². The highest BCUT2D eigenvalue weighted by Gasteiger charge is 2.15. The largest absolute Gasteiger partial charge is 0.298 e. The van der Waals surface area contributed by atoms with E-state index in [0.29, 0.717) is 17.7 Å². The quantitative estimate of drug-likeness (QED) is 0.814. The van der Waals surface area contributed by atoms with Crippen molar-refractivity contribution in [3.8, 4) is 6.07 Å². The zero-order valence-electron chi connectivity index (χ0n) is 9.58. The van der Waals surface area contributed by atoms with Crippen LogP contribution < -0.4 is 5.48 Å². The third-order valence-corrected chi connectivity index (χ3v) is 3.00. The van der Waals surface area contributed by atoms with Gasteiger partial charge in [-0.3, -0.25) is 4.84 Å². The minimum atomic E-state index is -0.332. The molecular weight excluding hydrogens is 219 g/mol. The molecule has 3 nitrogen and oxygen atoms in total. The maximum Gasteiger partial charge on any atom is 0.123 e. The molecule has 0 spiro atoms. The molecule has 1 aliphatic rings. The highest BCUT2D eigenvalue weighted by molar-refractivity contribution is 5.37. The lowest BCUT2D eigenvalue weighted by Gasteiger charge is -2.12. The number of rotatable bonds is 4. The molecule has 1 aliphatic carbocycles. The molecule has 0 aromatic heterocycles. The SMILES string of the molecule is N#Cc1ccc(F)cc1CNOC1CCCC1. The molecule has 0 amide bonds. The summed E-state index contributed by atoms with van der Waals surface area (Å²) in [5, 5.41) is 8.88. The van der Waals surface area contributed by atoms with E-state index in [4.69, 9.17) is 10.1 Å². The Labute approximate surface area is 100 Å². The van der Waals surface area contributed by atoms with Crippen molar-refractivity contribution in [2.75, 3.05) is 0 Å². The summed E-state index contributed by atoms with van der Waals surface area (Å²) in [7, 11) is 0. The van der Waals surface area contributed by atoms with E-state index in [0.717, 1.165) is 12.8 Å². The van der Waals surface area contributed by atoms with Gasteiger partial charge in [0.2, 0.25) is 0 Å². The van der Waals surface area contributed by atoms with E-state index >= 15 is 0 Å². The van der Waals surface area contributed by atoms with Crippen LogP contribution in [0.5, 0.6) is 0 Å². The van der Waals surface area contributed by atoms with Gasteiger partial charge >= 0.3 is 0 Å². The van der Waals surface area contributed by atoms with Gasteiger partial charge in [0.1, 0.15) is 5.82 Å². The molecule has 0 unspecified atom stereocenters. The molecule has 17 heavy (non-hydrogen) atoms. The lowest BCUT2D eigenvalue weighted by Crippen LogP contribution is -2.21. The molecule has 1 fully saturated rings. The molecular formula is C13H15FN2O. The molecule has 4 heteroatoms. The van der Waals surface area contributed by atoms with E-state index in [1.807, 2.05) is 6.07 Å². The Balaban J connectivity index is 1.89. The monoisotopic (exact) mass is 234 g/mol. The number of halogens is 1. The Morgan fingerprint density at radius 2 is 2.18 bits per heavy atom. The minimum Gasteiger partial charge on any atom is -0.298 e. The van der Waals surface area contributed by atoms with Crippen LogP contribution in [0.25, 0.3) is 0 Å². The summed E-state index contributed by atoms with van der Waals surface area (Å²) in [6.07, 6.45) is 4.81. The first-order chi connectivity index (χ1) is 8.29. The Morgan fingerprint density at radius 3 is 2.88 bits per heavy atom. The Kier molecular flexibility index (Phi) is 4.08. The molecule has 2 rings (SSSR count). The normalized spacial score (nSPS) is 16.0. The van der Waals surface area contributed by atoms with E-state index in [1.165, 1.54) is 31.0 Å². The summed E-state index contributed by atoms with van der Waals surface area (Å²) in [6, 6.07) is 6.18. The van der Waals surface area contributed by atoms with Crippen LogP contribution in [-0.4, -0.2) is 6.10 Å². The van der Waals surface area contributed by atoms with Crippen LogP contribution in [0, 0.1) is 17.1 Å². The Bertz CT molecular complexity index is 422. The predicted octanol–water partition coefficient (Wildman–Crippen LogP) is 2.66. The van der Waals surface area contributed by atoms with Crippen LogP contribution in [0.15, 0.2) is 18.2 Å². The van der Waals surface area contributed by atoms with Crippen LogP contribution in [0.4, 0.5) is 4.39 Å². The smallest absolute Gasteiger partial charge is 0.123 e. The van der Waals surface area contributed by atoms with Crippen molar-refractivity contribution >= 4 is 0 Å². The highest BCUT2D eigenvalue weighted by Crippen LogP contribution is 2.20. The third kappa shape index (κ3) is 3.26. The molecule has 0 bridgehead atoms. The first-order valence-electron chi connectivity index (χ1n) is 5.86. The number of benzene rings is 1. The van der Waals surface area contributed by atoms with Gasteiger partial charge in [0.15, 0.2) is 0 Å². The second-order valence-electron chi connectivity index (χ2n) is 4.26. The number of nitriles is 1. The van der Waals surface area contributed by atoms with E-state index in [2.05, 4.69) is 5.48 Å². The van der Waals surface area contributed by atoms with Crippen LogP contribution in [-0.2, 0) is 11.4 Å². The first-order valence-corrected chi connectivity index (χ1v) is 5.86. The Morgan fingerprint density at radius 1 is 1.41 bits per heavy atom. The molecule has 90 valence electrons. The summed E-state index contributed by atoms with van der Waals surface area (Å²) in [5.74, 6) is -0.332. The molecule has 0 radical (unpaired) electrons. The van der Waals surface area contributed by atoms with Crippen LogP contribution >= 0.6 is 0 Å². The minimum absolute atomic E-state index is 0.258. The van der Waals surface area contributed by atoms with E-state index in [9.17, 15) is 4.39 Å². The van der Waals surface area contributed by atoms with Crippen molar-refractivity contribution in [2.45, 2.75) is 38.3 Å². The van der Waals surface area contributed by atoms with E-state index in [-0.39, 0.29) is 11.9 Å². The van der Waals surface area contributed by atoms with Gasteiger partial charge in [-0.1, -0.05) is 12.8 Å². The lowest BCUT2D eigenvalue weighted by molar-refractivity contribution is -0.0244. The number of hydrogen-bond acceptors (Lipinski definition) is 3. The summed E-state index contributed by atoms with van der Waals surface area (Å²) < 4.78 is 13.0. The molecule has 0 atom stereocenters. The average Bonchev–Trinajstić information content (AvgIpc) is 2.82. The van der Waals surface area contributed by atoms with Gasteiger partial charge in [0, 0.05) is 6.54 Å². The molecule has 1 N–H and O–H groups in total. The molecule has 0 aliphatic heterocycles. The second kappa shape index (κ2) is 5.76. The molecule has 1 saturated carbocycles. The summed E-state index contributed by atoms with van der Waals surface area (Å²) in [6.45, 7) is 0.358. The lowest BCUT2D eigenvalue weighted by atomic mass is 10.1. The third-order valence-electron chi connectivity index (χ3n) is 3.00. The highest BCUT2D eigenvalue weighted by atomic mass is 19.1. The molecule has 1 aromatic carbocycles. The van der Waals surface area contributed by atoms with Gasteiger partial charge in [-0.25, -0.2) is 4.39 Å². The summed E-state index contributed by atoms with van der Waals surface area (Å²) >= 11 is 0. The molecule has 1 aromatic rings. The van der Waals surface area contributed by atoms with Crippen LogP contribution in [0.1, 0.15) is 36.8 Å². The van der Waals surface area contributed by atoms with Crippen molar-refractivity contribution in [1.82, 2.24) is 5.48 Å². The predicted molar refractivity (Wildman–Crippen MR) is 61.3 cm³/mol. The molecule has 0 saturated heterocycles. The molecule has 0 heterocycles. The van der Waals surface area contributed by atoms with E-state index in [1.54, 1.807) is 0 Å². The maximum absolute atomic E-state index is 13.0. The number of nitrogens with one attached hydrogen (secondary N) is 1. The van der Waals surface area contributed by atoms with Crippen molar-refractivity contribution in [2.24, 2.45) is 0 Å². The topological polar surface area (TPSA) is 45.0 Å². The fourth-order valence-corrected chi connectivity index (χ4v) is 2.06. The average molecular weight is 234 g/mol. The van der Waals surface area contributed by atoms with Gasteiger partial charge in [-0.05, 0) is 36.6 Å². The van der Waals surface area contributed by atoms with Gasteiger partial charge in [-0.2, -0.15) is 10.7 Å². The number of nitrogens with zero attached hydrogens (tertiary/aromatic N) is 1. The summed E-state index contributed by atoms with van der Waals surface area (Å²) in [4.78, 5) is 5.46. The maximum atomic E-state index is 13.0. The van der Waals surface area contributed by atoms with Crippen molar-refractivity contribution in [3.05, 3.63) is 35.1 Å². The van der Waals surface area contributed by atoms with Gasteiger partial charge in [0.25, 0.3) is 0 Å². The Hall–Kier alpha value is -1.44. The fourth-order valence-electron chi connectivity index (χ4n) is 2.06. The van der Waals surface area contributed by atoms with E-state index < -0.39 is 0 Å². The van der Waals surface area contributed by atoms with Gasteiger partial charge in [-0.15, -0.1) is 0 Å². The van der Waals surface area contributed by atoms with Crippen molar-refractivity contribution < 1.29 is 9.23 Å². The summed E-state index contributed by atoms with van der Waals surface area (Å²) in [5.41, 5.74) is 3.94. The van der Waals surface area contributed by atoms with Crippen molar-refractivity contribution in [3.63, 3.8) is 0 Å². The van der Waals surface area contributed by atoms with Crippen LogP contribution in [0.3, 0.4) is 0 Å². The standard InChI is InChI=1S/C13H15FN2O/c14-12-6-5-10(8-15)11(7-12)9-16-17-13-3-1-2-4-13/h5-7,13,16H,1-4,9H2. The number of hydrogen-bond donors (Lipinski definition) is 1. The van der Waals surface area contributed by atoms with Crippen molar-refractivity contribution in [1.29, 1.82) is 5.26 Å². The van der Waals surface area contributed by atoms with Gasteiger partial charge in [0.05, 0.1) is 17.7 Å². The van der Waals surface area contributed by atoms with Crippen LogP contribution in [0.2, 0.25) is 0 Å². The zero-order chi connectivity index (χ0) is 12.1. The second-order valence-corrected chi connectivity index (χ2v) is 4.26. The number of hydroxylamine groups is 1. The first kappa shape index (κ1) is 12.0.